The summed E-state index contributed by atoms with van der Waals surface area (Å²) in [5.74, 6) is 0.405. The molecule has 1 unspecified atom stereocenters. The van der Waals surface area contributed by atoms with Gasteiger partial charge in [-0.2, -0.15) is 0 Å². The van der Waals surface area contributed by atoms with Crippen LogP contribution in [0.3, 0.4) is 0 Å². The first kappa shape index (κ1) is 15.4. The summed E-state index contributed by atoms with van der Waals surface area (Å²) >= 11 is 0. The molecule has 3 nitrogen and oxygen atoms in total. The molecule has 21 heavy (non-hydrogen) atoms. The molecule has 0 aliphatic rings. The van der Waals surface area contributed by atoms with E-state index in [1.54, 1.807) is 12.1 Å². The molecule has 0 saturated carbocycles. The second-order valence-corrected chi connectivity index (χ2v) is 5.71. The van der Waals surface area contributed by atoms with Gasteiger partial charge in [0, 0.05) is 18.2 Å². The smallest absolute Gasteiger partial charge is 0.161 e. The van der Waals surface area contributed by atoms with E-state index in [0.29, 0.717) is 18.0 Å². The van der Waals surface area contributed by atoms with Crippen molar-refractivity contribution in [1.82, 2.24) is 5.32 Å². The van der Waals surface area contributed by atoms with E-state index in [0.717, 1.165) is 0 Å². The topological polar surface area (TPSA) is 52.5 Å². The first-order valence-electron chi connectivity index (χ1n) is 7.32. The monoisotopic (exact) mass is 285 g/mol. The van der Waals surface area contributed by atoms with Crippen molar-refractivity contribution in [2.75, 3.05) is 0 Å². The summed E-state index contributed by atoms with van der Waals surface area (Å²) in [5, 5.41) is 22.6. The maximum absolute atomic E-state index is 9.79. The number of hydrogen-bond donors (Lipinski definition) is 3. The highest BCUT2D eigenvalue weighted by atomic mass is 16.3. The highest BCUT2D eigenvalue weighted by Crippen LogP contribution is 2.28. The van der Waals surface area contributed by atoms with Crippen molar-refractivity contribution in [2.24, 2.45) is 0 Å². The Bertz CT molecular complexity index is 591. The fourth-order valence-electron chi connectivity index (χ4n) is 2.27. The van der Waals surface area contributed by atoms with Crippen molar-refractivity contribution in [2.45, 2.75) is 39.3 Å². The lowest BCUT2D eigenvalue weighted by molar-refractivity contribution is 0.396. The van der Waals surface area contributed by atoms with Gasteiger partial charge in [-0.25, -0.2) is 0 Å². The second kappa shape index (κ2) is 6.64. The first-order valence-corrected chi connectivity index (χ1v) is 7.32. The van der Waals surface area contributed by atoms with Gasteiger partial charge < -0.3 is 15.5 Å². The van der Waals surface area contributed by atoms with Gasteiger partial charge in [-0.05, 0) is 30.0 Å². The third kappa shape index (κ3) is 3.76. The summed E-state index contributed by atoms with van der Waals surface area (Å²) in [6, 6.07) is 13.8. The molecule has 0 aliphatic heterocycles. The molecule has 0 fully saturated rings. The molecule has 0 saturated heterocycles. The zero-order valence-corrected chi connectivity index (χ0v) is 12.8. The van der Waals surface area contributed by atoms with Crippen LogP contribution in [0.4, 0.5) is 0 Å². The van der Waals surface area contributed by atoms with E-state index in [4.69, 9.17) is 0 Å². The Kier molecular flexibility index (Phi) is 4.86. The molecule has 1 atom stereocenters. The van der Waals surface area contributed by atoms with Crippen LogP contribution in [0.2, 0.25) is 0 Å². The summed E-state index contributed by atoms with van der Waals surface area (Å²) in [4.78, 5) is 0. The third-order valence-corrected chi connectivity index (χ3v) is 3.80. The number of rotatable bonds is 5. The van der Waals surface area contributed by atoms with Crippen molar-refractivity contribution in [3.63, 3.8) is 0 Å². The van der Waals surface area contributed by atoms with E-state index in [1.165, 1.54) is 17.2 Å². The van der Waals surface area contributed by atoms with Crippen molar-refractivity contribution >= 4 is 0 Å². The summed E-state index contributed by atoms with van der Waals surface area (Å²) in [7, 11) is 0. The zero-order valence-electron chi connectivity index (χ0n) is 12.8. The summed E-state index contributed by atoms with van der Waals surface area (Å²) in [5.41, 5.74) is 3.23. The molecule has 0 aliphatic carbocycles. The Morgan fingerprint density at radius 1 is 0.905 bits per heavy atom. The van der Waals surface area contributed by atoms with Crippen LogP contribution in [0.25, 0.3) is 0 Å². The zero-order chi connectivity index (χ0) is 15.4. The number of benzene rings is 2. The standard InChI is InChI=1S/C18H23NO2/c1-12(2)14-7-9-15(10-8-14)13(3)19-11-16-5-4-6-17(20)18(16)21/h4-10,12-13,19-21H,11H2,1-3H3. The Hall–Kier alpha value is -2.00. The lowest BCUT2D eigenvalue weighted by Crippen LogP contribution is -2.18. The largest absolute Gasteiger partial charge is 0.504 e. The summed E-state index contributed by atoms with van der Waals surface area (Å²) < 4.78 is 0. The number of hydrogen-bond acceptors (Lipinski definition) is 3. The lowest BCUT2D eigenvalue weighted by atomic mass is 9.99. The first-order chi connectivity index (χ1) is 9.99. The maximum Gasteiger partial charge on any atom is 0.161 e. The van der Waals surface area contributed by atoms with Crippen LogP contribution in [0.5, 0.6) is 11.5 Å². The van der Waals surface area contributed by atoms with Crippen LogP contribution in [0.1, 0.15) is 49.4 Å². The fourth-order valence-corrected chi connectivity index (χ4v) is 2.27. The minimum Gasteiger partial charge on any atom is -0.504 e. The molecule has 0 spiro atoms. The molecule has 0 radical (unpaired) electrons. The van der Waals surface area contributed by atoms with Gasteiger partial charge in [0.25, 0.3) is 0 Å². The second-order valence-electron chi connectivity index (χ2n) is 5.71. The van der Waals surface area contributed by atoms with Crippen molar-refractivity contribution < 1.29 is 10.2 Å². The Balaban J connectivity index is 2.01. The molecule has 2 rings (SSSR count). The molecular formula is C18H23NO2. The normalized spacial score (nSPS) is 12.6. The van der Waals surface area contributed by atoms with Crippen molar-refractivity contribution in [1.29, 1.82) is 0 Å². The van der Waals surface area contributed by atoms with Crippen LogP contribution < -0.4 is 5.32 Å². The molecular weight excluding hydrogens is 262 g/mol. The predicted octanol–water partition coefficient (Wildman–Crippen LogP) is 4.07. The molecule has 112 valence electrons. The van der Waals surface area contributed by atoms with Crippen LogP contribution in [-0.2, 0) is 6.54 Å². The van der Waals surface area contributed by atoms with Crippen LogP contribution in [0, 0.1) is 0 Å². The number of phenols is 2. The van der Waals surface area contributed by atoms with E-state index in [9.17, 15) is 10.2 Å². The summed E-state index contributed by atoms with van der Waals surface area (Å²) in [6.45, 7) is 6.96. The highest BCUT2D eigenvalue weighted by molar-refractivity contribution is 5.44. The summed E-state index contributed by atoms with van der Waals surface area (Å²) in [6.07, 6.45) is 0. The van der Waals surface area contributed by atoms with Gasteiger partial charge in [0.05, 0.1) is 0 Å². The number of aromatic hydroxyl groups is 2. The average Bonchev–Trinajstić information content (AvgIpc) is 2.48. The minimum atomic E-state index is -0.0803. The predicted molar refractivity (Wildman–Crippen MR) is 85.6 cm³/mol. The number of phenolic OH excluding ortho intramolecular Hbond substituents is 2. The van der Waals surface area contributed by atoms with Crippen molar-refractivity contribution in [3.8, 4) is 11.5 Å². The lowest BCUT2D eigenvalue weighted by Gasteiger charge is -2.16. The fraction of sp³-hybridized carbons (Fsp3) is 0.333. The molecule has 0 bridgehead atoms. The van der Waals surface area contributed by atoms with Gasteiger partial charge in [-0.15, -0.1) is 0 Å². The SMILES string of the molecule is CC(C)c1ccc(C(C)NCc2cccc(O)c2O)cc1. The molecule has 3 heteroatoms. The van der Waals surface area contributed by atoms with Crippen LogP contribution in [-0.4, -0.2) is 10.2 Å². The van der Waals surface area contributed by atoms with Crippen LogP contribution in [0.15, 0.2) is 42.5 Å². The Labute approximate surface area is 126 Å². The van der Waals surface area contributed by atoms with Gasteiger partial charge in [0.15, 0.2) is 11.5 Å². The molecule has 0 heterocycles. The molecule has 0 amide bonds. The van der Waals surface area contributed by atoms with E-state index in [1.807, 2.05) is 0 Å². The number of para-hydroxylation sites is 1. The quantitative estimate of drug-likeness (QED) is 0.726. The minimum absolute atomic E-state index is 0.0487. The van der Waals surface area contributed by atoms with Crippen molar-refractivity contribution in [3.05, 3.63) is 59.2 Å². The van der Waals surface area contributed by atoms with E-state index in [2.05, 4.69) is 50.4 Å². The molecule has 2 aromatic carbocycles. The molecule has 2 aromatic rings. The van der Waals surface area contributed by atoms with Gasteiger partial charge in [-0.3, -0.25) is 0 Å². The maximum atomic E-state index is 9.79. The van der Waals surface area contributed by atoms with E-state index >= 15 is 0 Å². The highest BCUT2D eigenvalue weighted by Gasteiger charge is 2.09. The average molecular weight is 285 g/mol. The van der Waals surface area contributed by atoms with E-state index in [-0.39, 0.29) is 17.5 Å². The Morgan fingerprint density at radius 2 is 1.52 bits per heavy atom. The van der Waals surface area contributed by atoms with Gasteiger partial charge in [0.2, 0.25) is 0 Å². The van der Waals surface area contributed by atoms with Gasteiger partial charge in [-0.1, -0.05) is 50.2 Å². The van der Waals surface area contributed by atoms with Gasteiger partial charge in [0.1, 0.15) is 0 Å². The Morgan fingerprint density at radius 3 is 2.14 bits per heavy atom. The third-order valence-electron chi connectivity index (χ3n) is 3.80. The van der Waals surface area contributed by atoms with E-state index < -0.39 is 0 Å². The van der Waals surface area contributed by atoms with Crippen LogP contribution >= 0.6 is 0 Å². The molecule has 0 aromatic heterocycles. The van der Waals surface area contributed by atoms with Gasteiger partial charge >= 0.3 is 0 Å². The molecule has 3 N–H and O–H groups in total. The number of nitrogens with one attached hydrogen (secondary N) is 1.